The predicted octanol–water partition coefficient (Wildman–Crippen LogP) is 1.15. The maximum atomic E-state index is 4.24. The molecule has 3 rings (SSSR count). The molecule has 0 N–H and O–H groups in total. The van der Waals surface area contributed by atoms with Gasteiger partial charge in [-0.2, -0.15) is 16.1 Å². The summed E-state index contributed by atoms with van der Waals surface area (Å²) in [5.74, 6) is 0.812. The maximum absolute atomic E-state index is 4.24. The summed E-state index contributed by atoms with van der Waals surface area (Å²) in [7, 11) is 1.80. The molecule has 0 unspecified atom stereocenters. The van der Waals surface area contributed by atoms with Crippen molar-refractivity contribution in [3.05, 3.63) is 28.2 Å². The molecule has 1 aliphatic heterocycles. The highest BCUT2D eigenvalue weighted by Gasteiger charge is 2.22. The molecule has 2 aromatic rings. The van der Waals surface area contributed by atoms with E-state index >= 15 is 0 Å². The Labute approximate surface area is 123 Å². The van der Waals surface area contributed by atoms with Gasteiger partial charge in [-0.3, -0.25) is 9.80 Å². The summed E-state index contributed by atoms with van der Waals surface area (Å²) < 4.78 is 0. The van der Waals surface area contributed by atoms with Gasteiger partial charge in [0.05, 0.1) is 13.6 Å². The maximum Gasteiger partial charge on any atom is 0.188 e. The number of aryl methyl sites for hydroxylation is 1. The van der Waals surface area contributed by atoms with Crippen LogP contribution in [0, 0.1) is 0 Å². The third kappa shape index (κ3) is 3.05. The van der Waals surface area contributed by atoms with Crippen LogP contribution >= 0.6 is 11.3 Å². The van der Waals surface area contributed by atoms with Gasteiger partial charge in [-0.25, -0.2) is 0 Å². The number of tetrazole rings is 1. The molecule has 2 aromatic heterocycles. The summed E-state index contributed by atoms with van der Waals surface area (Å²) in [6, 6.07) is 2.74. The average Bonchev–Trinajstić information content (AvgIpc) is 3.11. The average molecular weight is 292 g/mol. The highest BCUT2D eigenvalue weighted by molar-refractivity contribution is 7.07. The van der Waals surface area contributed by atoms with Crippen LogP contribution in [0.5, 0.6) is 0 Å². The van der Waals surface area contributed by atoms with E-state index < -0.39 is 0 Å². The van der Waals surface area contributed by atoms with Crippen LogP contribution in [0.2, 0.25) is 0 Å². The van der Waals surface area contributed by atoms with E-state index in [9.17, 15) is 0 Å². The number of thiophene rings is 1. The number of hydrogen-bond acceptors (Lipinski definition) is 6. The molecule has 0 bridgehead atoms. The first-order valence-corrected chi connectivity index (χ1v) is 7.88. The summed E-state index contributed by atoms with van der Waals surface area (Å²) >= 11 is 1.77. The summed E-state index contributed by atoms with van der Waals surface area (Å²) in [6.07, 6.45) is 0. The van der Waals surface area contributed by atoms with Crippen molar-refractivity contribution in [2.24, 2.45) is 7.05 Å². The van der Waals surface area contributed by atoms with Gasteiger partial charge in [0.25, 0.3) is 0 Å². The van der Waals surface area contributed by atoms with E-state index in [0.29, 0.717) is 6.04 Å². The van der Waals surface area contributed by atoms with Crippen LogP contribution in [0.3, 0.4) is 0 Å². The molecule has 1 saturated heterocycles. The van der Waals surface area contributed by atoms with E-state index in [-0.39, 0.29) is 0 Å². The molecule has 1 aliphatic rings. The standard InChI is InChI=1S/C13H20N6S/c1-11(12-3-8-20-10-12)19-6-4-18(5-7-19)9-13-14-16-17(2)15-13/h3,8,10-11H,4-7,9H2,1-2H3/t11-/m0/s1. The second-order valence-corrected chi connectivity index (χ2v) is 6.02. The Hall–Kier alpha value is -1.31. The zero-order chi connectivity index (χ0) is 13.9. The lowest BCUT2D eigenvalue weighted by atomic mass is 10.1. The Morgan fingerprint density at radius 3 is 2.70 bits per heavy atom. The van der Waals surface area contributed by atoms with Crippen molar-refractivity contribution in [3.8, 4) is 0 Å². The van der Waals surface area contributed by atoms with Crippen LogP contribution < -0.4 is 0 Å². The first-order chi connectivity index (χ1) is 9.72. The number of aromatic nitrogens is 4. The molecule has 0 radical (unpaired) electrons. The number of nitrogens with zero attached hydrogens (tertiary/aromatic N) is 6. The molecular weight excluding hydrogens is 272 g/mol. The van der Waals surface area contributed by atoms with Crippen molar-refractivity contribution in [1.29, 1.82) is 0 Å². The largest absolute Gasteiger partial charge is 0.294 e. The van der Waals surface area contributed by atoms with Crippen LogP contribution in [0.1, 0.15) is 24.4 Å². The Bertz CT molecular complexity index is 529. The van der Waals surface area contributed by atoms with Crippen LogP contribution in [0.25, 0.3) is 0 Å². The normalized spacial score (nSPS) is 19.3. The number of piperazine rings is 1. The fraction of sp³-hybridized carbons (Fsp3) is 0.615. The van der Waals surface area contributed by atoms with Gasteiger partial charge in [-0.15, -0.1) is 10.2 Å². The lowest BCUT2D eigenvalue weighted by Crippen LogP contribution is -2.46. The summed E-state index contributed by atoms with van der Waals surface area (Å²) in [5.41, 5.74) is 1.43. The minimum atomic E-state index is 0.512. The Morgan fingerprint density at radius 2 is 2.10 bits per heavy atom. The monoisotopic (exact) mass is 292 g/mol. The Balaban J connectivity index is 1.52. The molecule has 1 fully saturated rings. The molecule has 7 heteroatoms. The SMILES string of the molecule is C[C@@H](c1ccsc1)N1CCN(Cc2nnn(C)n2)CC1. The third-order valence-electron chi connectivity index (χ3n) is 3.89. The predicted molar refractivity (Wildman–Crippen MR) is 78.4 cm³/mol. The number of hydrogen-bond donors (Lipinski definition) is 0. The molecule has 3 heterocycles. The Kier molecular flexibility index (Phi) is 4.09. The summed E-state index contributed by atoms with van der Waals surface area (Å²) in [4.78, 5) is 6.46. The van der Waals surface area contributed by atoms with Crippen molar-refractivity contribution in [1.82, 2.24) is 30.0 Å². The Morgan fingerprint density at radius 1 is 1.30 bits per heavy atom. The molecule has 6 nitrogen and oxygen atoms in total. The molecule has 0 amide bonds. The van der Waals surface area contributed by atoms with Gasteiger partial charge in [-0.1, -0.05) is 0 Å². The first kappa shape index (κ1) is 13.7. The first-order valence-electron chi connectivity index (χ1n) is 6.94. The summed E-state index contributed by atoms with van der Waals surface area (Å²) in [6.45, 7) is 7.41. The van der Waals surface area contributed by atoms with Crippen LogP contribution in [-0.2, 0) is 13.6 Å². The molecule has 0 aromatic carbocycles. The molecule has 1 atom stereocenters. The van der Waals surface area contributed by atoms with Gasteiger partial charge >= 0.3 is 0 Å². The van der Waals surface area contributed by atoms with Crippen molar-refractivity contribution < 1.29 is 0 Å². The fourth-order valence-corrected chi connectivity index (χ4v) is 3.37. The molecule has 0 saturated carbocycles. The van der Waals surface area contributed by atoms with Crippen LogP contribution in [-0.4, -0.2) is 56.2 Å². The highest BCUT2D eigenvalue weighted by Crippen LogP contribution is 2.23. The van der Waals surface area contributed by atoms with E-state index in [4.69, 9.17) is 0 Å². The van der Waals surface area contributed by atoms with Gasteiger partial charge in [0, 0.05) is 32.2 Å². The van der Waals surface area contributed by atoms with Gasteiger partial charge < -0.3 is 0 Å². The van der Waals surface area contributed by atoms with Crippen LogP contribution in [0.4, 0.5) is 0 Å². The fourth-order valence-electron chi connectivity index (χ4n) is 2.62. The summed E-state index contributed by atoms with van der Waals surface area (Å²) in [5, 5.41) is 16.6. The lowest BCUT2D eigenvalue weighted by molar-refractivity contribution is 0.0963. The highest BCUT2D eigenvalue weighted by atomic mass is 32.1. The minimum Gasteiger partial charge on any atom is -0.294 e. The number of rotatable bonds is 4. The van der Waals surface area contributed by atoms with E-state index in [0.717, 1.165) is 38.5 Å². The molecule has 108 valence electrons. The van der Waals surface area contributed by atoms with Crippen molar-refractivity contribution in [2.75, 3.05) is 26.2 Å². The van der Waals surface area contributed by atoms with E-state index in [1.54, 1.807) is 18.4 Å². The molecule has 0 aliphatic carbocycles. The van der Waals surface area contributed by atoms with E-state index in [1.807, 2.05) is 0 Å². The second kappa shape index (κ2) is 5.99. The quantitative estimate of drug-likeness (QED) is 0.846. The zero-order valence-electron chi connectivity index (χ0n) is 11.9. The molecule has 20 heavy (non-hydrogen) atoms. The van der Waals surface area contributed by atoms with E-state index in [2.05, 4.69) is 49.0 Å². The van der Waals surface area contributed by atoms with Gasteiger partial charge in [0.2, 0.25) is 0 Å². The zero-order valence-corrected chi connectivity index (χ0v) is 12.8. The van der Waals surface area contributed by atoms with Crippen molar-refractivity contribution >= 4 is 11.3 Å². The van der Waals surface area contributed by atoms with Crippen molar-refractivity contribution in [3.63, 3.8) is 0 Å². The topological polar surface area (TPSA) is 50.1 Å². The van der Waals surface area contributed by atoms with Gasteiger partial charge in [0.1, 0.15) is 0 Å². The third-order valence-corrected chi connectivity index (χ3v) is 4.60. The molecular formula is C13H20N6S. The second-order valence-electron chi connectivity index (χ2n) is 5.24. The molecule has 0 spiro atoms. The van der Waals surface area contributed by atoms with Crippen LogP contribution in [0.15, 0.2) is 16.8 Å². The lowest BCUT2D eigenvalue weighted by Gasteiger charge is -2.37. The van der Waals surface area contributed by atoms with Gasteiger partial charge in [-0.05, 0) is 34.5 Å². The van der Waals surface area contributed by atoms with E-state index in [1.165, 1.54) is 10.4 Å². The smallest absolute Gasteiger partial charge is 0.188 e. The minimum absolute atomic E-state index is 0.512. The van der Waals surface area contributed by atoms with Crippen molar-refractivity contribution in [2.45, 2.75) is 19.5 Å². The van der Waals surface area contributed by atoms with Gasteiger partial charge in [0.15, 0.2) is 5.82 Å².